The Morgan fingerprint density at radius 2 is 2.04 bits per heavy atom. The zero-order chi connectivity index (χ0) is 17.3. The Balaban J connectivity index is 1.86. The van der Waals surface area contributed by atoms with Gasteiger partial charge in [0, 0.05) is 25.0 Å². The van der Waals surface area contributed by atoms with Gasteiger partial charge < -0.3 is 14.4 Å². The number of pyridine rings is 1. The van der Waals surface area contributed by atoms with E-state index >= 15 is 0 Å². The van der Waals surface area contributed by atoms with Crippen molar-refractivity contribution in [1.82, 2.24) is 24.3 Å². The van der Waals surface area contributed by atoms with Crippen molar-refractivity contribution < 1.29 is 0 Å². The molecule has 0 N–H and O–H groups in total. The van der Waals surface area contributed by atoms with Gasteiger partial charge in [-0.15, -0.1) is 0 Å². The van der Waals surface area contributed by atoms with Gasteiger partial charge in [0.25, 0.3) is 0 Å². The van der Waals surface area contributed by atoms with Gasteiger partial charge in [0.1, 0.15) is 16.5 Å². The number of fused-ring (bicyclic) bond motifs is 1. The van der Waals surface area contributed by atoms with Crippen molar-refractivity contribution >= 4 is 22.8 Å². The van der Waals surface area contributed by atoms with E-state index in [4.69, 9.17) is 16.6 Å². The predicted molar refractivity (Wildman–Crippen MR) is 98.3 cm³/mol. The number of aryl methyl sites for hydroxylation is 1. The van der Waals surface area contributed by atoms with E-state index in [1.165, 1.54) is 0 Å². The molecular weight excluding hydrogens is 322 g/mol. The van der Waals surface area contributed by atoms with Crippen LogP contribution in [-0.2, 0) is 13.1 Å². The van der Waals surface area contributed by atoms with Crippen molar-refractivity contribution in [3.63, 3.8) is 0 Å². The molecule has 24 heavy (non-hydrogen) atoms. The highest BCUT2D eigenvalue weighted by molar-refractivity contribution is 6.29. The van der Waals surface area contributed by atoms with E-state index in [-0.39, 0.29) is 0 Å². The molecule has 0 saturated carbocycles. The number of halogens is 1. The van der Waals surface area contributed by atoms with E-state index in [2.05, 4.69) is 47.0 Å². The van der Waals surface area contributed by atoms with Crippen LogP contribution < -0.4 is 0 Å². The Labute approximate surface area is 148 Å². The van der Waals surface area contributed by atoms with Crippen molar-refractivity contribution in [2.75, 3.05) is 6.67 Å². The molecule has 1 aliphatic heterocycles. The van der Waals surface area contributed by atoms with Gasteiger partial charge in [0.15, 0.2) is 5.65 Å². The molecule has 3 heterocycles. The maximum Gasteiger partial charge on any atom is 0.160 e. The standard InChI is InChI=1S/C18H26ClN5/c1-13(2)7-9-24-17(21-15-6-5-8-20-18(15)24)11-23-12-22(14(3)4)10-16(23)19/h5-6,8,10,13-14H,7,9,11-12H2,1-4H3. The van der Waals surface area contributed by atoms with Gasteiger partial charge in [0.2, 0.25) is 0 Å². The third-order valence-corrected chi connectivity index (χ3v) is 4.75. The van der Waals surface area contributed by atoms with Crippen LogP contribution in [0.1, 0.15) is 39.9 Å². The second-order valence-electron chi connectivity index (χ2n) is 7.11. The van der Waals surface area contributed by atoms with E-state index in [9.17, 15) is 0 Å². The molecule has 0 unspecified atom stereocenters. The Morgan fingerprint density at radius 3 is 2.71 bits per heavy atom. The summed E-state index contributed by atoms with van der Waals surface area (Å²) < 4.78 is 2.25. The molecule has 0 aromatic carbocycles. The maximum absolute atomic E-state index is 6.44. The minimum Gasteiger partial charge on any atom is -0.355 e. The van der Waals surface area contributed by atoms with Crippen molar-refractivity contribution in [3.8, 4) is 0 Å². The summed E-state index contributed by atoms with van der Waals surface area (Å²) in [6, 6.07) is 4.40. The lowest BCUT2D eigenvalue weighted by molar-refractivity contribution is 0.219. The fourth-order valence-corrected chi connectivity index (χ4v) is 3.12. The van der Waals surface area contributed by atoms with Gasteiger partial charge in [-0.1, -0.05) is 25.4 Å². The maximum atomic E-state index is 6.44. The summed E-state index contributed by atoms with van der Waals surface area (Å²) in [5.74, 6) is 1.67. The zero-order valence-electron chi connectivity index (χ0n) is 14.9. The fraction of sp³-hybridized carbons (Fsp3) is 0.556. The van der Waals surface area contributed by atoms with Crippen LogP contribution in [-0.4, -0.2) is 37.0 Å². The molecule has 1 aliphatic rings. The molecule has 130 valence electrons. The molecule has 5 nitrogen and oxygen atoms in total. The zero-order valence-corrected chi connectivity index (χ0v) is 15.7. The van der Waals surface area contributed by atoms with E-state index in [1.54, 1.807) is 0 Å². The van der Waals surface area contributed by atoms with Crippen LogP contribution in [0.25, 0.3) is 11.2 Å². The largest absolute Gasteiger partial charge is 0.355 e. The van der Waals surface area contributed by atoms with Crippen LogP contribution in [0.3, 0.4) is 0 Å². The van der Waals surface area contributed by atoms with Crippen LogP contribution in [0.4, 0.5) is 0 Å². The van der Waals surface area contributed by atoms with E-state index in [1.807, 2.05) is 24.5 Å². The normalized spacial score (nSPS) is 15.2. The lowest BCUT2D eigenvalue weighted by Gasteiger charge is -2.24. The van der Waals surface area contributed by atoms with Crippen LogP contribution in [0.2, 0.25) is 0 Å². The smallest absolute Gasteiger partial charge is 0.160 e. The lowest BCUT2D eigenvalue weighted by Crippen LogP contribution is -2.31. The topological polar surface area (TPSA) is 37.2 Å². The number of hydrogen-bond donors (Lipinski definition) is 0. The van der Waals surface area contributed by atoms with Gasteiger partial charge in [-0.3, -0.25) is 0 Å². The quantitative estimate of drug-likeness (QED) is 0.740. The second-order valence-corrected chi connectivity index (χ2v) is 7.49. The average molecular weight is 348 g/mol. The van der Waals surface area contributed by atoms with Crippen LogP contribution in [0, 0.1) is 5.92 Å². The molecular formula is C18H26ClN5. The van der Waals surface area contributed by atoms with Crippen molar-refractivity contribution in [3.05, 3.63) is 35.5 Å². The minimum atomic E-state index is 0.435. The SMILES string of the molecule is CC(C)CCn1c(CN2CN(C(C)C)C=C2Cl)nc2cccnc21. The Kier molecular flexibility index (Phi) is 4.99. The molecule has 0 fully saturated rings. The minimum absolute atomic E-state index is 0.435. The summed E-state index contributed by atoms with van der Waals surface area (Å²) >= 11 is 6.44. The first-order valence-corrected chi connectivity index (χ1v) is 9.01. The monoisotopic (exact) mass is 347 g/mol. The van der Waals surface area contributed by atoms with Crippen LogP contribution >= 0.6 is 11.6 Å². The number of imidazole rings is 1. The van der Waals surface area contributed by atoms with Gasteiger partial charge in [-0.2, -0.15) is 0 Å². The van der Waals surface area contributed by atoms with Gasteiger partial charge >= 0.3 is 0 Å². The summed E-state index contributed by atoms with van der Waals surface area (Å²) in [4.78, 5) is 13.8. The summed E-state index contributed by atoms with van der Waals surface area (Å²) in [7, 11) is 0. The Morgan fingerprint density at radius 1 is 1.25 bits per heavy atom. The molecule has 2 aromatic heterocycles. The predicted octanol–water partition coefficient (Wildman–Crippen LogP) is 4.00. The van der Waals surface area contributed by atoms with Crippen molar-refractivity contribution in [2.45, 2.75) is 53.2 Å². The van der Waals surface area contributed by atoms with Crippen LogP contribution in [0.15, 0.2) is 29.7 Å². The summed E-state index contributed by atoms with van der Waals surface area (Å²) in [5, 5.41) is 0.777. The fourth-order valence-electron chi connectivity index (χ4n) is 2.88. The first-order chi connectivity index (χ1) is 11.5. The molecule has 0 saturated heterocycles. The Bertz CT molecular complexity index is 734. The van der Waals surface area contributed by atoms with E-state index in [0.717, 1.165) is 41.8 Å². The molecule has 0 atom stereocenters. The molecule has 0 amide bonds. The third kappa shape index (κ3) is 3.51. The highest BCUT2D eigenvalue weighted by Crippen LogP contribution is 2.25. The lowest BCUT2D eigenvalue weighted by atomic mass is 10.1. The number of nitrogens with zero attached hydrogens (tertiary/aromatic N) is 5. The summed E-state index contributed by atoms with van der Waals surface area (Å²) in [6.45, 7) is 11.3. The first-order valence-electron chi connectivity index (χ1n) is 8.64. The molecule has 3 rings (SSSR count). The van der Waals surface area contributed by atoms with E-state index < -0.39 is 0 Å². The number of hydrogen-bond acceptors (Lipinski definition) is 4. The number of rotatable bonds is 6. The highest BCUT2D eigenvalue weighted by atomic mass is 35.5. The average Bonchev–Trinajstić information content (AvgIpc) is 3.06. The first kappa shape index (κ1) is 17.1. The highest BCUT2D eigenvalue weighted by Gasteiger charge is 2.23. The van der Waals surface area contributed by atoms with Gasteiger partial charge in [-0.05, 0) is 38.3 Å². The van der Waals surface area contributed by atoms with Crippen LogP contribution in [0.5, 0.6) is 0 Å². The van der Waals surface area contributed by atoms with Gasteiger partial charge in [-0.25, -0.2) is 9.97 Å². The molecule has 0 aliphatic carbocycles. The van der Waals surface area contributed by atoms with Crippen molar-refractivity contribution in [1.29, 1.82) is 0 Å². The molecule has 0 bridgehead atoms. The second kappa shape index (κ2) is 7.01. The molecule has 6 heteroatoms. The molecule has 0 spiro atoms. The van der Waals surface area contributed by atoms with Gasteiger partial charge in [0.05, 0.1) is 13.2 Å². The molecule has 0 radical (unpaired) electrons. The van der Waals surface area contributed by atoms with E-state index in [0.29, 0.717) is 18.5 Å². The third-order valence-electron chi connectivity index (χ3n) is 4.42. The summed E-state index contributed by atoms with van der Waals surface area (Å²) in [5.41, 5.74) is 1.92. The molecule has 2 aromatic rings. The summed E-state index contributed by atoms with van der Waals surface area (Å²) in [6.07, 6.45) is 4.96. The Hall–Kier alpha value is -1.75. The number of aromatic nitrogens is 3. The van der Waals surface area contributed by atoms with Crippen molar-refractivity contribution in [2.24, 2.45) is 5.92 Å².